The molecule has 2 heterocycles. The van der Waals surface area contributed by atoms with E-state index in [0.29, 0.717) is 12.1 Å². The standard InChI is InChI=1S/C12H24N2O/c1-2-10(9-15)13-11-6-8-14-7-4-3-5-12(11)14/h10-13,15H,2-9H2,1H3/t10-,11?,12?/m0/s1. The fourth-order valence-electron chi connectivity index (χ4n) is 3.04. The van der Waals surface area contributed by atoms with Crippen LogP contribution in [0.1, 0.15) is 39.0 Å². The first-order chi connectivity index (χ1) is 7.35. The second-order valence-corrected chi connectivity index (χ2v) is 4.95. The van der Waals surface area contributed by atoms with Gasteiger partial charge in [-0.3, -0.25) is 4.90 Å². The van der Waals surface area contributed by atoms with E-state index >= 15 is 0 Å². The molecular formula is C12H24N2O. The molecule has 88 valence electrons. The van der Waals surface area contributed by atoms with Crippen LogP contribution in [0.4, 0.5) is 0 Å². The van der Waals surface area contributed by atoms with Gasteiger partial charge in [-0.1, -0.05) is 13.3 Å². The monoisotopic (exact) mass is 212 g/mol. The van der Waals surface area contributed by atoms with Crippen LogP contribution < -0.4 is 5.32 Å². The molecule has 15 heavy (non-hydrogen) atoms. The fourth-order valence-corrected chi connectivity index (χ4v) is 3.04. The van der Waals surface area contributed by atoms with Crippen LogP contribution in [-0.2, 0) is 0 Å². The van der Waals surface area contributed by atoms with Crippen molar-refractivity contribution in [2.24, 2.45) is 0 Å². The molecule has 0 bridgehead atoms. The molecule has 2 N–H and O–H groups in total. The Balaban J connectivity index is 1.87. The largest absolute Gasteiger partial charge is 0.395 e. The minimum atomic E-state index is 0.278. The van der Waals surface area contributed by atoms with Gasteiger partial charge in [-0.15, -0.1) is 0 Å². The molecule has 2 unspecified atom stereocenters. The van der Waals surface area contributed by atoms with Crippen molar-refractivity contribution in [2.75, 3.05) is 19.7 Å². The molecule has 2 saturated heterocycles. The van der Waals surface area contributed by atoms with Crippen molar-refractivity contribution < 1.29 is 5.11 Å². The highest BCUT2D eigenvalue weighted by Gasteiger charge is 2.35. The minimum Gasteiger partial charge on any atom is -0.395 e. The van der Waals surface area contributed by atoms with E-state index in [2.05, 4.69) is 17.1 Å². The molecule has 2 aliphatic heterocycles. The van der Waals surface area contributed by atoms with E-state index in [4.69, 9.17) is 0 Å². The number of nitrogens with zero attached hydrogens (tertiary/aromatic N) is 1. The summed E-state index contributed by atoms with van der Waals surface area (Å²) < 4.78 is 0. The maximum absolute atomic E-state index is 9.21. The van der Waals surface area contributed by atoms with Crippen LogP contribution in [0.3, 0.4) is 0 Å². The van der Waals surface area contributed by atoms with Gasteiger partial charge in [-0.05, 0) is 32.2 Å². The van der Waals surface area contributed by atoms with Crippen molar-refractivity contribution in [3.63, 3.8) is 0 Å². The Hall–Kier alpha value is -0.120. The lowest BCUT2D eigenvalue weighted by Gasteiger charge is -2.34. The van der Waals surface area contributed by atoms with Crippen LogP contribution in [0, 0.1) is 0 Å². The van der Waals surface area contributed by atoms with Gasteiger partial charge in [0.15, 0.2) is 0 Å². The van der Waals surface area contributed by atoms with E-state index in [-0.39, 0.29) is 6.61 Å². The molecular weight excluding hydrogens is 188 g/mol. The second-order valence-electron chi connectivity index (χ2n) is 4.95. The van der Waals surface area contributed by atoms with E-state index in [1.165, 1.54) is 38.8 Å². The lowest BCUT2D eigenvalue weighted by atomic mass is 9.98. The van der Waals surface area contributed by atoms with Crippen molar-refractivity contribution in [1.29, 1.82) is 0 Å². The number of piperidine rings is 1. The van der Waals surface area contributed by atoms with Crippen LogP contribution >= 0.6 is 0 Å². The zero-order valence-corrected chi connectivity index (χ0v) is 9.78. The Bertz CT molecular complexity index is 194. The number of nitrogens with one attached hydrogen (secondary N) is 1. The summed E-state index contributed by atoms with van der Waals surface area (Å²) >= 11 is 0. The molecule has 0 aliphatic carbocycles. The molecule has 2 aliphatic rings. The second kappa shape index (κ2) is 5.28. The number of rotatable bonds is 4. The van der Waals surface area contributed by atoms with Gasteiger partial charge in [0.1, 0.15) is 0 Å². The number of aliphatic hydroxyl groups excluding tert-OH is 1. The molecule has 0 radical (unpaired) electrons. The maximum atomic E-state index is 9.21. The average Bonchev–Trinajstić information content (AvgIpc) is 2.69. The zero-order valence-electron chi connectivity index (χ0n) is 9.78. The van der Waals surface area contributed by atoms with Gasteiger partial charge in [0.25, 0.3) is 0 Å². The zero-order chi connectivity index (χ0) is 10.7. The molecule has 0 aromatic rings. The normalized spacial score (nSPS) is 34.0. The van der Waals surface area contributed by atoms with Crippen LogP contribution in [0.15, 0.2) is 0 Å². The molecule has 0 aromatic carbocycles. The van der Waals surface area contributed by atoms with Gasteiger partial charge < -0.3 is 10.4 Å². The molecule has 2 rings (SSSR count). The van der Waals surface area contributed by atoms with Crippen LogP contribution in [0.25, 0.3) is 0 Å². The van der Waals surface area contributed by atoms with E-state index in [1.807, 2.05) is 0 Å². The molecule has 3 nitrogen and oxygen atoms in total. The van der Waals surface area contributed by atoms with E-state index < -0.39 is 0 Å². The van der Waals surface area contributed by atoms with Crippen LogP contribution in [-0.4, -0.2) is 47.8 Å². The highest BCUT2D eigenvalue weighted by molar-refractivity contribution is 4.95. The summed E-state index contributed by atoms with van der Waals surface area (Å²) in [4.78, 5) is 2.63. The van der Waals surface area contributed by atoms with Crippen molar-refractivity contribution in [2.45, 2.75) is 57.2 Å². The van der Waals surface area contributed by atoms with E-state index in [9.17, 15) is 5.11 Å². The third-order valence-electron chi connectivity index (χ3n) is 4.02. The highest BCUT2D eigenvalue weighted by Crippen LogP contribution is 2.27. The lowest BCUT2D eigenvalue weighted by molar-refractivity contribution is 0.164. The first-order valence-corrected chi connectivity index (χ1v) is 6.46. The summed E-state index contributed by atoms with van der Waals surface area (Å²) in [7, 11) is 0. The molecule has 0 aromatic heterocycles. The smallest absolute Gasteiger partial charge is 0.0584 e. The van der Waals surface area contributed by atoms with Crippen molar-refractivity contribution in [3.8, 4) is 0 Å². The van der Waals surface area contributed by atoms with Gasteiger partial charge in [0, 0.05) is 24.7 Å². The molecule has 0 spiro atoms. The quantitative estimate of drug-likeness (QED) is 0.729. The summed E-state index contributed by atoms with van der Waals surface area (Å²) in [6.45, 7) is 4.96. The van der Waals surface area contributed by atoms with Gasteiger partial charge >= 0.3 is 0 Å². The Morgan fingerprint density at radius 3 is 2.93 bits per heavy atom. The summed E-state index contributed by atoms with van der Waals surface area (Å²) in [6, 6.07) is 1.68. The summed E-state index contributed by atoms with van der Waals surface area (Å²) in [5.74, 6) is 0. The Kier molecular flexibility index (Phi) is 4.00. The van der Waals surface area contributed by atoms with Gasteiger partial charge in [-0.25, -0.2) is 0 Å². The van der Waals surface area contributed by atoms with Crippen molar-refractivity contribution >= 4 is 0 Å². The number of hydrogen-bond donors (Lipinski definition) is 2. The van der Waals surface area contributed by atoms with E-state index in [1.54, 1.807) is 0 Å². The Morgan fingerprint density at radius 1 is 1.33 bits per heavy atom. The number of fused-ring (bicyclic) bond motifs is 1. The lowest BCUT2D eigenvalue weighted by Crippen LogP contribution is -2.49. The predicted molar refractivity (Wildman–Crippen MR) is 61.9 cm³/mol. The first kappa shape index (κ1) is 11.4. The van der Waals surface area contributed by atoms with Crippen molar-refractivity contribution in [3.05, 3.63) is 0 Å². The maximum Gasteiger partial charge on any atom is 0.0584 e. The molecule has 0 amide bonds. The third kappa shape index (κ3) is 2.52. The molecule has 0 saturated carbocycles. The van der Waals surface area contributed by atoms with Gasteiger partial charge in [0.05, 0.1) is 6.61 Å². The SMILES string of the molecule is CC[C@@H](CO)NC1CCN2CCCCC12. The number of aliphatic hydroxyl groups is 1. The van der Waals surface area contributed by atoms with Gasteiger partial charge in [0.2, 0.25) is 0 Å². The summed E-state index contributed by atoms with van der Waals surface area (Å²) in [5.41, 5.74) is 0. The Labute approximate surface area is 92.8 Å². The van der Waals surface area contributed by atoms with Crippen LogP contribution in [0.2, 0.25) is 0 Å². The third-order valence-corrected chi connectivity index (χ3v) is 4.02. The highest BCUT2D eigenvalue weighted by atomic mass is 16.3. The summed E-state index contributed by atoms with van der Waals surface area (Å²) in [6.07, 6.45) is 6.40. The van der Waals surface area contributed by atoms with E-state index in [0.717, 1.165) is 12.5 Å². The average molecular weight is 212 g/mol. The first-order valence-electron chi connectivity index (χ1n) is 6.46. The Morgan fingerprint density at radius 2 is 2.20 bits per heavy atom. The number of hydrogen-bond acceptors (Lipinski definition) is 3. The summed E-state index contributed by atoms with van der Waals surface area (Å²) in [5, 5.41) is 12.8. The topological polar surface area (TPSA) is 35.5 Å². The molecule has 3 atom stereocenters. The van der Waals surface area contributed by atoms with Crippen molar-refractivity contribution in [1.82, 2.24) is 10.2 Å². The fraction of sp³-hybridized carbons (Fsp3) is 1.00. The van der Waals surface area contributed by atoms with Gasteiger partial charge in [-0.2, -0.15) is 0 Å². The molecule has 3 heteroatoms. The minimum absolute atomic E-state index is 0.278. The predicted octanol–water partition coefficient (Wildman–Crippen LogP) is 0.974. The van der Waals surface area contributed by atoms with Crippen LogP contribution in [0.5, 0.6) is 0 Å². The molecule has 2 fully saturated rings.